The number of nitrogens with one attached hydrogen (secondary N) is 1. The number of hydrogen-bond donors (Lipinski definition) is 1. The minimum atomic E-state index is -0.456. The molecule has 0 aliphatic carbocycles. The number of carbonyl (C=O) groups excluding carboxylic acids is 1. The van der Waals surface area contributed by atoms with Crippen LogP contribution in [0, 0.1) is 17.0 Å². The number of carbonyl (C=O) groups is 1. The van der Waals surface area contributed by atoms with Crippen LogP contribution in [0.3, 0.4) is 0 Å². The van der Waals surface area contributed by atoms with Gasteiger partial charge >= 0.3 is 0 Å². The zero-order valence-electron chi connectivity index (χ0n) is 13.0. The number of hydrogen-bond acceptors (Lipinski definition) is 4. The molecule has 0 spiro atoms. The average Bonchev–Trinajstić information content (AvgIpc) is 2.52. The number of rotatable bonds is 6. The van der Waals surface area contributed by atoms with Gasteiger partial charge in [-0.2, -0.15) is 0 Å². The second-order valence-electron chi connectivity index (χ2n) is 5.72. The maximum absolute atomic E-state index is 12.1. The van der Waals surface area contributed by atoms with Crippen molar-refractivity contribution in [3.63, 3.8) is 0 Å². The maximum Gasteiger partial charge on any atom is 0.273 e. The minimum Gasteiger partial charge on any atom is -0.352 e. The summed E-state index contributed by atoms with van der Waals surface area (Å²) in [4.78, 5) is 25.0. The monoisotopic (exact) mass is 305 g/mol. The normalized spacial score (nSPS) is 15.5. The van der Waals surface area contributed by atoms with Gasteiger partial charge in [0.15, 0.2) is 0 Å². The van der Waals surface area contributed by atoms with Crippen LogP contribution >= 0.6 is 0 Å². The van der Waals surface area contributed by atoms with Crippen molar-refractivity contribution in [1.82, 2.24) is 10.2 Å². The van der Waals surface area contributed by atoms with E-state index in [1.165, 1.54) is 25.3 Å². The largest absolute Gasteiger partial charge is 0.352 e. The SMILES string of the molecule is Cc1c(C(=O)NCCCN2CCCCC2)cccc1[N+](=O)[O-]. The summed E-state index contributed by atoms with van der Waals surface area (Å²) >= 11 is 0. The van der Waals surface area contributed by atoms with Crippen LogP contribution in [-0.4, -0.2) is 41.9 Å². The van der Waals surface area contributed by atoms with Crippen molar-refractivity contribution in [2.45, 2.75) is 32.6 Å². The number of nitrogens with zero attached hydrogens (tertiary/aromatic N) is 2. The molecule has 1 aromatic carbocycles. The Hall–Kier alpha value is -1.95. The van der Waals surface area contributed by atoms with Crippen LogP contribution in [0.25, 0.3) is 0 Å². The first kappa shape index (κ1) is 16.4. The smallest absolute Gasteiger partial charge is 0.273 e. The molecule has 1 saturated heterocycles. The van der Waals surface area contributed by atoms with E-state index in [1.54, 1.807) is 19.1 Å². The molecule has 1 aliphatic rings. The van der Waals surface area contributed by atoms with Crippen molar-refractivity contribution in [3.05, 3.63) is 39.4 Å². The summed E-state index contributed by atoms with van der Waals surface area (Å²) in [6, 6.07) is 4.60. The second-order valence-corrected chi connectivity index (χ2v) is 5.72. The van der Waals surface area contributed by atoms with Gasteiger partial charge in [-0.15, -0.1) is 0 Å². The third-order valence-corrected chi connectivity index (χ3v) is 4.13. The average molecular weight is 305 g/mol. The number of nitro benzene ring substituents is 1. The zero-order valence-corrected chi connectivity index (χ0v) is 13.0. The number of likely N-dealkylation sites (tertiary alicyclic amines) is 1. The van der Waals surface area contributed by atoms with Crippen LogP contribution in [-0.2, 0) is 0 Å². The van der Waals surface area contributed by atoms with Crippen LogP contribution in [0.1, 0.15) is 41.6 Å². The van der Waals surface area contributed by atoms with Crippen molar-refractivity contribution in [2.24, 2.45) is 0 Å². The molecule has 0 atom stereocenters. The van der Waals surface area contributed by atoms with E-state index in [9.17, 15) is 14.9 Å². The number of benzene rings is 1. The van der Waals surface area contributed by atoms with Crippen LogP contribution in [0.4, 0.5) is 5.69 Å². The molecule has 2 rings (SSSR count). The summed E-state index contributed by atoms with van der Waals surface area (Å²) in [5.74, 6) is -0.236. The lowest BCUT2D eigenvalue weighted by atomic mass is 10.1. The third kappa shape index (κ3) is 4.27. The molecule has 6 heteroatoms. The van der Waals surface area contributed by atoms with Gasteiger partial charge in [0.25, 0.3) is 11.6 Å². The Kier molecular flexibility index (Phi) is 5.89. The van der Waals surface area contributed by atoms with E-state index in [2.05, 4.69) is 10.2 Å². The predicted octanol–water partition coefficient (Wildman–Crippen LogP) is 2.51. The quantitative estimate of drug-likeness (QED) is 0.498. The number of amides is 1. The standard InChI is InChI=1S/C16H23N3O3/c1-13-14(7-5-8-15(13)19(21)22)16(20)17-9-6-12-18-10-3-2-4-11-18/h5,7-8H,2-4,6,9-12H2,1H3,(H,17,20). The highest BCUT2D eigenvalue weighted by Gasteiger charge is 2.17. The Labute approximate surface area is 130 Å². The molecular formula is C16H23N3O3. The Morgan fingerprint density at radius 1 is 1.32 bits per heavy atom. The molecular weight excluding hydrogens is 282 g/mol. The maximum atomic E-state index is 12.1. The van der Waals surface area contributed by atoms with Crippen LogP contribution in [0.15, 0.2) is 18.2 Å². The summed E-state index contributed by atoms with van der Waals surface area (Å²) in [6.45, 7) is 5.50. The van der Waals surface area contributed by atoms with E-state index in [0.29, 0.717) is 17.7 Å². The van der Waals surface area contributed by atoms with Crippen molar-refractivity contribution in [2.75, 3.05) is 26.2 Å². The fraction of sp³-hybridized carbons (Fsp3) is 0.562. The summed E-state index contributed by atoms with van der Waals surface area (Å²) in [7, 11) is 0. The molecule has 0 radical (unpaired) electrons. The first-order chi connectivity index (χ1) is 10.6. The van der Waals surface area contributed by atoms with Gasteiger partial charge in [-0.3, -0.25) is 14.9 Å². The summed E-state index contributed by atoms with van der Waals surface area (Å²) in [5, 5.41) is 13.8. The highest BCUT2D eigenvalue weighted by Crippen LogP contribution is 2.20. The molecule has 1 aromatic rings. The molecule has 1 aliphatic heterocycles. The Morgan fingerprint density at radius 3 is 2.73 bits per heavy atom. The van der Waals surface area contributed by atoms with Gasteiger partial charge in [0.05, 0.1) is 4.92 Å². The van der Waals surface area contributed by atoms with Crippen LogP contribution in [0.2, 0.25) is 0 Å². The lowest BCUT2D eigenvalue weighted by molar-refractivity contribution is -0.385. The molecule has 1 N–H and O–H groups in total. The van der Waals surface area contributed by atoms with Crippen molar-refractivity contribution >= 4 is 11.6 Å². The number of nitro groups is 1. The first-order valence-electron chi connectivity index (χ1n) is 7.84. The van der Waals surface area contributed by atoms with Gasteiger partial charge in [0.2, 0.25) is 0 Å². The lowest BCUT2D eigenvalue weighted by Gasteiger charge is -2.26. The molecule has 0 aromatic heterocycles. The van der Waals surface area contributed by atoms with Gasteiger partial charge in [0, 0.05) is 23.7 Å². The van der Waals surface area contributed by atoms with E-state index in [4.69, 9.17) is 0 Å². The van der Waals surface area contributed by atoms with Gasteiger partial charge in [-0.1, -0.05) is 12.5 Å². The van der Waals surface area contributed by atoms with Gasteiger partial charge in [-0.05, 0) is 51.9 Å². The molecule has 120 valence electrons. The molecule has 0 bridgehead atoms. The predicted molar refractivity (Wildman–Crippen MR) is 85.1 cm³/mol. The molecule has 1 heterocycles. The fourth-order valence-electron chi connectivity index (χ4n) is 2.85. The van der Waals surface area contributed by atoms with E-state index < -0.39 is 4.92 Å². The summed E-state index contributed by atoms with van der Waals surface area (Å²) in [5.41, 5.74) is 0.786. The summed E-state index contributed by atoms with van der Waals surface area (Å²) < 4.78 is 0. The van der Waals surface area contributed by atoms with E-state index in [1.807, 2.05) is 0 Å². The summed E-state index contributed by atoms with van der Waals surface area (Å²) in [6.07, 6.45) is 4.75. The fourth-order valence-corrected chi connectivity index (χ4v) is 2.85. The topological polar surface area (TPSA) is 75.5 Å². The highest BCUT2D eigenvalue weighted by atomic mass is 16.6. The minimum absolute atomic E-state index is 0.0130. The van der Waals surface area contributed by atoms with E-state index in [-0.39, 0.29) is 11.6 Å². The molecule has 1 amide bonds. The van der Waals surface area contributed by atoms with Gasteiger partial charge in [-0.25, -0.2) is 0 Å². The number of piperidine rings is 1. The molecule has 0 unspecified atom stereocenters. The Balaban J connectivity index is 1.82. The molecule has 1 fully saturated rings. The third-order valence-electron chi connectivity index (χ3n) is 4.13. The molecule has 0 saturated carbocycles. The Bertz CT molecular complexity index is 539. The van der Waals surface area contributed by atoms with E-state index in [0.717, 1.165) is 26.1 Å². The van der Waals surface area contributed by atoms with Gasteiger partial charge in [0.1, 0.15) is 0 Å². The first-order valence-corrected chi connectivity index (χ1v) is 7.84. The highest BCUT2D eigenvalue weighted by molar-refractivity contribution is 5.96. The van der Waals surface area contributed by atoms with E-state index >= 15 is 0 Å². The Morgan fingerprint density at radius 2 is 2.05 bits per heavy atom. The van der Waals surface area contributed by atoms with Crippen LogP contribution in [0.5, 0.6) is 0 Å². The molecule has 22 heavy (non-hydrogen) atoms. The van der Waals surface area contributed by atoms with Gasteiger partial charge < -0.3 is 10.2 Å². The second kappa shape index (κ2) is 7.89. The lowest BCUT2D eigenvalue weighted by Crippen LogP contribution is -2.33. The van der Waals surface area contributed by atoms with Crippen molar-refractivity contribution in [3.8, 4) is 0 Å². The van der Waals surface area contributed by atoms with Crippen molar-refractivity contribution in [1.29, 1.82) is 0 Å². The van der Waals surface area contributed by atoms with Crippen LogP contribution < -0.4 is 5.32 Å². The van der Waals surface area contributed by atoms with Crippen molar-refractivity contribution < 1.29 is 9.72 Å². The molecule has 6 nitrogen and oxygen atoms in total. The zero-order chi connectivity index (χ0) is 15.9.